The van der Waals surface area contributed by atoms with Crippen LogP contribution in [0.4, 0.5) is 19.0 Å². The molecule has 2 N–H and O–H groups in total. The van der Waals surface area contributed by atoms with Crippen molar-refractivity contribution in [3.8, 4) is 5.75 Å². The molecule has 82 valence electrons. The van der Waals surface area contributed by atoms with Gasteiger partial charge < -0.3 is 10.5 Å². The Hall–Kier alpha value is -1.46. The topological polar surface area (TPSA) is 48.1 Å². The van der Waals surface area contributed by atoms with Crippen molar-refractivity contribution in [3.05, 3.63) is 17.8 Å². The summed E-state index contributed by atoms with van der Waals surface area (Å²) in [6, 6.07) is 2.51. The lowest BCUT2D eigenvalue weighted by atomic mass is 10.3. The monoisotopic (exact) mass is 218 g/mol. The SMILES string of the molecule is Nc1ccc(OC2CC2)c(C(F)(F)F)n1. The molecule has 1 aromatic rings. The molecule has 0 aliphatic heterocycles. The minimum atomic E-state index is -4.53. The molecule has 6 heteroatoms. The van der Waals surface area contributed by atoms with E-state index in [0.29, 0.717) is 0 Å². The van der Waals surface area contributed by atoms with Gasteiger partial charge in [0.1, 0.15) is 5.82 Å². The molecular weight excluding hydrogens is 209 g/mol. The van der Waals surface area contributed by atoms with Gasteiger partial charge >= 0.3 is 6.18 Å². The molecule has 15 heavy (non-hydrogen) atoms. The van der Waals surface area contributed by atoms with E-state index in [4.69, 9.17) is 10.5 Å². The number of rotatable bonds is 2. The van der Waals surface area contributed by atoms with Gasteiger partial charge in [0, 0.05) is 0 Å². The molecule has 0 radical (unpaired) electrons. The number of alkyl halides is 3. The Labute approximate surface area is 84.1 Å². The van der Waals surface area contributed by atoms with Gasteiger partial charge in [-0.25, -0.2) is 4.98 Å². The van der Waals surface area contributed by atoms with Gasteiger partial charge in [0.15, 0.2) is 11.4 Å². The average molecular weight is 218 g/mol. The molecule has 0 bridgehead atoms. The van der Waals surface area contributed by atoms with Gasteiger partial charge in [-0.2, -0.15) is 13.2 Å². The second-order valence-corrected chi connectivity index (χ2v) is 3.40. The number of hydrogen-bond donors (Lipinski definition) is 1. The fourth-order valence-electron chi connectivity index (χ4n) is 1.13. The van der Waals surface area contributed by atoms with Crippen LogP contribution in [0, 0.1) is 0 Å². The first-order chi connectivity index (χ1) is 6.97. The molecule has 1 aromatic heterocycles. The smallest absolute Gasteiger partial charge is 0.437 e. The van der Waals surface area contributed by atoms with E-state index in [2.05, 4.69) is 4.98 Å². The van der Waals surface area contributed by atoms with E-state index in [9.17, 15) is 13.2 Å². The highest BCUT2D eigenvalue weighted by atomic mass is 19.4. The maximum atomic E-state index is 12.5. The minimum absolute atomic E-state index is 0.100. The molecule has 1 saturated carbocycles. The summed E-state index contributed by atoms with van der Waals surface area (Å²) >= 11 is 0. The number of anilines is 1. The summed E-state index contributed by atoms with van der Waals surface area (Å²) in [4.78, 5) is 3.25. The van der Waals surface area contributed by atoms with Crippen molar-refractivity contribution in [3.63, 3.8) is 0 Å². The predicted octanol–water partition coefficient (Wildman–Crippen LogP) is 2.22. The van der Waals surface area contributed by atoms with Crippen LogP contribution in [-0.4, -0.2) is 11.1 Å². The molecule has 0 atom stereocenters. The first-order valence-electron chi connectivity index (χ1n) is 4.47. The number of hydrogen-bond acceptors (Lipinski definition) is 3. The maximum absolute atomic E-state index is 12.5. The van der Waals surface area contributed by atoms with Crippen molar-refractivity contribution >= 4 is 5.82 Å². The number of nitrogens with zero attached hydrogens (tertiary/aromatic N) is 1. The zero-order valence-electron chi connectivity index (χ0n) is 7.71. The fraction of sp³-hybridized carbons (Fsp3) is 0.444. The number of aromatic nitrogens is 1. The van der Waals surface area contributed by atoms with Crippen LogP contribution in [0.5, 0.6) is 5.75 Å². The van der Waals surface area contributed by atoms with Gasteiger partial charge in [0.05, 0.1) is 6.10 Å². The fourth-order valence-corrected chi connectivity index (χ4v) is 1.13. The average Bonchev–Trinajstić information content (AvgIpc) is 2.90. The second-order valence-electron chi connectivity index (χ2n) is 3.40. The van der Waals surface area contributed by atoms with Gasteiger partial charge in [0.25, 0.3) is 0 Å². The number of pyridine rings is 1. The molecule has 1 heterocycles. The third-order valence-corrected chi connectivity index (χ3v) is 1.97. The third kappa shape index (κ3) is 2.31. The Morgan fingerprint density at radius 2 is 2.00 bits per heavy atom. The van der Waals surface area contributed by atoms with Crippen molar-refractivity contribution in [1.29, 1.82) is 0 Å². The lowest BCUT2D eigenvalue weighted by molar-refractivity contribution is -0.142. The Bertz CT molecular complexity index is 374. The van der Waals surface area contributed by atoms with Crippen LogP contribution in [0.2, 0.25) is 0 Å². The van der Waals surface area contributed by atoms with E-state index in [1.54, 1.807) is 0 Å². The summed E-state index contributed by atoms with van der Waals surface area (Å²) < 4.78 is 42.6. The summed E-state index contributed by atoms with van der Waals surface area (Å²) in [6.45, 7) is 0. The van der Waals surface area contributed by atoms with Crippen LogP contribution in [0.3, 0.4) is 0 Å². The second kappa shape index (κ2) is 3.29. The van der Waals surface area contributed by atoms with Crippen molar-refractivity contribution in [2.45, 2.75) is 25.1 Å². The summed E-state index contributed by atoms with van der Waals surface area (Å²) in [6.07, 6.45) is -3.04. The Morgan fingerprint density at radius 3 is 2.53 bits per heavy atom. The van der Waals surface area contributed by atoms with Gasteiger partial charge in [-0.15, -0.1) is 0 Å². The molecule has 0 amide bonds. The molecule has 0 unspecified atom stereocenters. The Morgan fingerprint density at radius 1 is 1.33 bits per heavy atom. The summed E-state index contributed by atoms with van der Waals surface area (Å²) in [5.41, 5.74) is 4.16. The molecule has 1 fully saturated rings. The minimum Gasteiger partial charge on any atom is -0.488 e. The van der Waals surface area contributed by atoms with Gasteiger partial charge in [-0.1, -0.05) is 0 Å². The highest BCUT2D eigenvalue weighted by Crippen LogP contribution is 2.37. The van der Waals surface area contributed by atoms with Crippen LogP contribution >= 0.6 is 0 Å². The lowest BCUT2D eigenvalue weighted by Gasteiger charge is -2.12. The Kier molecular flexibility index (Phi) is 2.21. The number of nitrogens with two attached hydrogens (primary N) is 1. The first kappa shape index (κ1) is 10.1. The van der Waals surface area contributed by atoms with Crippen molar-refractivity contribution in [2.24, 2.45) is 0 Å². The van der Waals surface area contributed by atoms with Crippen molar-refractivity contribution < 1.29 is 17.9 Å². The summed E-state index contributed by atoms with van der Waals surface area (Å²) in [5.74, 6) is -0.398. The summed E-state index contributed by atoms with van der Waals surface area (Å²) in [5, 5.41) is 0. The van der Waals surface area contributed by atoms with Gasteiger partial charge in [-0.3, -0.25) is 0 Å². The van der Waals surface area contributed by atoms with E-state index in [1.165, 1.54) is 12.1 Å². The van der Waals surface area contributed by atoms with Crippen LogP contribution in [-0.2, 0) is 6.18 Å². The molecule has 2 rings (SSSR count). The van der Waals surface area contributed by atoms with Crippen molar-refractivity contribution in [1.82, 2.24) is 4.98 Å². The number of nitrogen functional groups attached to an aromatic ring is 1. The highest BCUT2D eigenvalue weighted by molar-refractivity contribution is 5.39. The van der Waals surface area contributed by atoms with E-state index in [-0.39, 0.29) is 17.7 Å². The summed E-state index contributed by atoms with van der Waals surface area (Å²) in [7, 11) is 0. The van der Waals surface area contributed by atoms with Crippen LogP contribution < -0.4 is 10.5 Å². The standard InChI is InChI=1S/C9H9F3N2O/c10-9(11,12)8-6(15-5-1-2-5)3-4-7(13)14-8/h3-5H,1-2H2,(H2,13,14). The maximum Gasteiger partial charge on any atom is 0.437 e. The largest absolute Gasteiger partial charge is 0.488 e. The van der Waals surface area contributed by atoms with Gasteiger partial charge in [0.2, 0.25) is 0 Å². The normalized spacial score (nSPS) is 16.5. The molecule has 0 spiro atoms. The molecule has 0 aromatic carbocycles. The van der Waals surface area contributed by atoms with Crippen LogP contribution in [0.1, 0.15) is 18.5 Å². The van der Waals surface area contributed by atoms with E-state index >= 15 is 0 Å². The van der Waals surface area contributed by atoms with E-state index < -0.39 is 11.9 Å². The lowest BCUT2D eigenvalue weighted by Crippen LogP contribution is -2.13. The Balaban J connectivity index is 2.34. The zero-order valence-corrected chi connectivity index (χ0v) is 7.71. The third-order valence-electron chi connectivity index (χ3n) is 1.97. The highest BCUT2D eigenvalue weighted by Gasteiger charge is 2.38. The van der Waals surface area contributed by atoms with Crippen LogP contribution in [0.15, 0.2) is 12.1 Å². The van der Waals surface area contributed by atoms with E-state index in [1.807, 2.05) is 0 Å². The van der Waals surface area contributed by atoms with Crippen LogP contribution in [0.25, 0.3) is 0 Å². The quantitative estimate of drug-likeness (QED) is 0.827. The first-order valence-corrected chi connectivity index (χ1v) is 4.47. The van der Waals surface area contributed by atoms with E-state index in [0.717, 1.165) is 12.8 Å². The molecule has 0 saturated heterocycles. The zero-order chi connectivity index (χ0) is 11.1. The molecule has 3 nitrogen and oxygen atoms in total. The number of halogens is 3. The molecule has 1 aliphatic rings. The van der Waals surface area contributed by atoms with Crippen molar-refractivity contribution in [2.75, 3.05) is 5.73 Å². The molecular formula is C9H9F3N2O. The van der Waals surface area contributed by atoms with Gasteiger partial charge in [-0.05, 0) is 25.0 Å². The molecule has 1 aliphatic carbocycles. The predicted molar refractivity (Wildman–Crippen MR) is 47.3 cm³/mol. The number of ether oxygens (including phenoxy) is 1.